The van der Waals surface area contributed by atoms with E-state index < -0.39 is 0 Å². The molecule has 0 aromatic heterocycles. The number of aliphatic hydroxyl groups is 1. The van der Waals surface area contributed by atoms with E-state index in [1.165, 1.54) is 0 Å². The fraction of sp³-hybridized carbons (Fsp3) is 0.917. The number of carbonyl (C=O) groups is 1. The summed E-state index contributed by atoms with van der Waals surface area (Å²) in [6, 6.07) is 0. The standard InChI is InChI=1S/C12H21NO3/c1-16-12(3-2-4-12)7-11(15)13-8-9-5-10(14)6-9/h9-10,14H,2-8H2,1H3,(H,13,15). The first-order valence-corrected chi connectivity index (χ1v) is 6.13. The molecule has 0 aromatic rings. The summed E-state index contributed by atoms with van der Waals surface area (Å²) in [5, 5.41) is 12.1. The molecule has 4 nitrogen and oxygen atoms in total. The van der Waals surface area contributed by atoms with E-state index in [2.05, 4.69) is 5.32 Å². The van der Waals surface area contributed by atoms with Crippen molar-refractivity contribution in [2.45, 2.75) is 50.2 Å². The lowest BCUT2D eigenvalue weighted by Gasteiger charge is -2.40. The molecule has 0 radical (unpaired) electrons. The largest absolute Gasteiger partial charge is 0.393 e. The van der Waals surface area contributed by atoms with Gasteiger partial charge < -0.3 is 15.2 Å². The smallest absolute Gasteiger partial charge is 0.222 e. The topological polar surface area (TPSA) is 58.6 Å². The molecule has 0 atom stereocenters. The van der Waals surface area contributed by atoms with E-state index in [0.717, 1.165) is 32.1 Å². The summed E-state index contributed by atoms with van der Waals surface area (Å²) in [6.07, 6.45) is 5.16. The molecular weight excluding hydrogens is 206 g/mol. The van der Waals surface area contributed by atoms with Crippen molar-refractivity contribution >= 4 is 5.91 Å². The number of hydrogen-bond acceptors (Lipinski definition) is 3. The van der Waals surface area contributed by atoms with Gasteiger partial charge in [-0.1, -0.05) is 0 Å². The van der Waals surface area contributed by atoms with E-state index in [-0.39, 0.29) is 17.6 Å². The van der Waals surface area contributed by atoms with Crippen molar-refractivity contribution in [3.63, 3.8) is 0 Å². The lowest BCUT2D eigenvalue weighted by atomic mass is 9.77. The minimum atomic E-state index is -0.177. The van der Waals surface area contributed by atoms with Gasteiger partial charge in [0.1, 0.15) is 0 Å². The molecule has 92 valence electrons. The molecule has 1 amide bonds. The lowest BCUT2D eigenvalue weighted by molar-refractivity contribution is -0.134. The first-order chi connectivity index (χ1) is 7.63. The predicted octanol–water partition coefficient (Wildman–Crippen LogP) is 0.833. The maximum absolute atomic E-state index is 11.7. The van der Waals surface area contributed by atoms with Crippen LogP contribution in [0.2, 0.25) is 0 Å². The van der Waals surface area contributed by atoms with Crippen LogP contribution >= 0.6 is 0 Å². The number of nitrogens with one attached hydrogen (secondary N) is 1. The van der Waals surface area contributed by atoms with Gasteiger partial charge in [0.05, 0.1) is 18.1 Å². The summed E-state index contributed by atoms with van der Waals surface area (Å²) < 4.78 is 5.41. The second-order valence-electron chi connectivity index (χ2n) is 5.21. The molecule has 0 aromatic carbocycles. The number of methoxy groups -OCH3 is 1. The van der Waals surface area contributed by atoms with E-state index in [4.69, 9.17) is 9.84 Å². The summed E-state index contributed by atoms with van der Waals surface area (Å²) in [7, 11) is 1.69. The molecule has 2 aliphatic rings. The number of amides is 1. The zero-order valence-electron chi connectivity index (χ0n) is 9.87. The summed E-state index contributed by atoms with van der Waals surface area (Å²) in [6.45, 7) is 0.704. The number of rotatable bonds is 5. The number of aliphatic hydroxyl groups excluding tert-OH is 1. The third kappa shape index (κ3) is 2.55. The minimum Gasteiger partial charge on any atom is -0.393 e. The van der Waals surface area contributed by atoms with Crippen LogP contribution in [0.1, 0.15) is 38.5 Å². The molecule has 2 saturated carbocycles. The van der Waals surface area contributed by atoms with E-state index in [1.807, 2.05) is 0 Å². The fourth-order valence-corrected chi connectivity index (χ4v) is 2.50. The summed E-state index contributed by atoms with van der Waals surface area (Å²) in [5.74, 6) is 0.557. The van der Waals surface area contributed by atoms with Gasteiger partial charge in [0.25, 0.3) is 0 Å². The van der Waals surface area contributed by atoms with E-state index >= 15 is 0 Å². The second-order valence-corrected chi connectivity index (χ2v) is 5.21. The van der Waals surface area contributed by atoms with E-state index in [9.17, 15) is 4.79 Å². The quantitative estimate of drug-likeness (QED) is 0.731. The van der Waals surface area contributed by atoms with Crippen LogP contribution in [-0.2, 0) is 9.53 Å². The maximum Gasteiger partial charge on any atom is 0.222 e. The molecule has 0 spiro atoms. The molecule has 0 unspecified atom stereocenters. The predicted molar refractivity (Wildman–Crippen MR) is 59.9 cm³/mol. The van der Waals surface area contributed by atoms with Crippen molar-refractivity contribution in [2.24, 2.45) is 5.92 Å². The van der Waals surface area contributed by atoms with E-state index in [1.54, 1.807) is 7.11 Å². The van der Waals surface area contributed by atoms with Gasteiger partial charge in [0.15, 0.2) is 0 Å². The van der Waals surface area contributed by atoms with Gasteiger partial charge in [-0.15, -0.1) is 0 Å². The SMILES string of the molecule is COC1(CC(=O)NCC2CC(O)C2)CCC1. The molecule has 2 rings (SSSR count). The molecule has 0 heterocycles. The van der Waals surface area contributed by atoms with Gasteiger partial charge in [-0.25, -0.2) is 0 Å². The van der Waals surface area contributed by atoms with Crippen LogP contribution in [-0.4, -0.2) is 36.4 Å². The maximum atomic E-state index is 11.7. The van der Waals surface area contributed by atoms with Gasteiger partial charge in [0.2, 0.25) is 5.91 Å². The Morgan fingerprint density at radius 3 is 2.62 bits per heavy atom. The molecular formula is C12H21NO3. The van der Waals surface area contributed by atoms with Crippen LogP contribution in [0.25, 0.3) is 0 Å². The Labute approximate surface area is 96.4 Å². The highest BCUT2D eigenvalue weighted by molar-refractivity contribution is 5.77. The fourth-order valence-electron chi connectivity index (χ4n) is 2.50. The summed E-state index contributed by atoms with van der Waals surface area (Å²) >= 11 is 0. The Morgan fingerprint density at radius 2 is 2.19 bits per heavy atom. The summed E-state index contributed by atoms with van der Waals surface area (Å²) in [5.41, 5.74) is -0.177. The van der Waals surface area contributed by atoms with Crippen LogP contribution in [0, 0.1) is 5.92 Å². The van der Waals surface area contributed by atoms with Crippen LogP contribution in [0.4, 0.5) is 0 Å². The van der Waals surface area contributed by atoms with Crippen molar-refractivity contribution in [1.29, 1.82) is 0 Å². The molecule has 4 heteroatoms. The average Bonchev–Trinajstić information content (AvgIpc) is 2.16. The molecule has 2 aliphatic carbocycles. The highest BCUT2D eigenvalue weighted by Crippen LogP contribution is 2.37. The van der Waals surface area contributed by atoms with Gasteiger partial charge in [0, 0.05) is 13.7 Å². The zero-order chi connectivity index (χ0) is 11.6. The normalized spacial score (nSPS) is 31.4. The summed E-state index contributed by atoms with van der Waals surface area (Å²) in [4.78, 5) is 11.7. The zero-order valence-corrected chi connectivity index (χ0v) is 9.87. The van der Waals surface area contributed by atoms with Crippen LogP contribution < -0.4 is 5.32 Å². The molecule has 0 aliphatic heterocycles. The monoisotopic (exact) mass is 227 g/mol. The van der Waals surface area contributed by atoms with Crippen LogP contribution in [0.3, 0.4) is 0 Å². The molecule has 2 fully saturated rings. The Morgan fingerprint density at radius 1 is 1.50 bits per heavy atom. The van der Waals surface area contributed by atoms with Crippen molar-refractivity contribution in [1.82, 2.24) is 5.32 Å². The first kappa shape index (κ1) is 11.9. The highest BCUT2D eigenvalue weighted by Gasteiger charge is 2.39. The molecule has 2 N–H and O–H groups in total. The third-order valence-corrected chi connectivity index (χ3v) is 3.98. The Kier molecular flexibility index (Phi) is 3.50. The van der Waals surface area contributed by atoms with Gasteiger partial charge in [-0.3, -0.25) is 4.79 Å². The van der Waals surface area contributed by atoms with Crippen molar-refractivity contribution in [2.75, 3.05) is 13.7 Å². The third-order valence-electron chi connectivity index (χ3n) is 3.98. The van der Waals surface area contributed by atoms with E-state index in [0.29, 0.717) is 18.9 Å². The lowest BCUT2D eigenvalue weighted by Crippen LogP contribution is -2.45. The molecule has 16 heavy (non-hydrogen) atoms. The average molecular weight is 227 g/mol. The Balaban J connectivity index is 1.64. The van der Waals surface area contributed by atoms with Gasteiger partial charge in [-0.2, -0.15) is 0 Å². The number of carbonyl (C=O) groups excluding carboxylic acids is 1. The van der Waals surface area contributed by atoms with Gasteiger partial charge >= 0.3 is 0 Å². The van der Waals surface area contributed by atoms with Crippen molar-refractivity contribution in [3.05, 3.63) is 0 Å². The van der Waals surface area contributed by atoms with Crippen molar-refractivity contribution in [3.8, 4) is 0 Å². The van der Waals surface area contributed by atoms with Crippen LogP contribution in [0.15, 0.2) is 0 Å². The Hall–Kier alpha value is -0.610. The van der Waals surface area contributed by atoms with Gasteiger partial charge in [-0.05, 0) is 38.0 Å². The number of hydrogen-bond donors (Lipinski definition) is 2. The second kappa shape index (κ2) is 4.72. The number of ether oxygens (including phenoxy) is 1. The molecule has 0 bridgehead atoms. The van der Waals surface area contributed by atoms with Crippen molar-refractivity contribution < 1.29 is 14.6 Å². The first-order valence-electron chi connectivity index (χ1n) is 6.13. The highest BCUT2D eigenvalue weighted by atomic mass is 16.5. The van der Waals surface area contributed by atoms with Crippen LogP contribution in [0.5, 0.6) is 0 Å². The Bertz CT molecular complexity index is 251. The molecule has 0 saturated heterocycles. The minimum absolute atomic E-state index is 0.0861.